The molecule has 2 rings (SSSR count). The molecule has 0 spiro atoms. The van der Waals surface area contributed by atoms with Crippen LogP contribution in [0.15, 0.2) is 34.9 Å². The molecule has 5 nitrogen and oxygen atoms in total. The van der Waals surface area contributed by atoms with Crippen molar-refractivity contribution < 1.29 is 12.8 Å². The highest BCUT2D eigenvalue weighted by Gasteiger charge is 2.12. The van der Waals surface area contributed by atoms with E-state index < -0.39 is 15.8 Å². The van der Waals surface area contributed by atoms with E-state index in [4.69, 9.17) is 0 Å². The molecule has 0 aliphatic rings. The lowest BCUT2D eigenvalue weighted by Gasteiger charge is -2.05. The van der Waals surface area contributed by atoms with Crippen molar-refractivity contribution in [2.45, 2.75) is 19.6 Å². The monoisotopic (exact) mass is 327 g/mol. The Balaban J connectivity index is 2.07. The van der Waals surface area contributed by atoms with Crippen molar-refractivity contribution >= 4 is 27.1 Å². The maximum atomic E-state index is 12.8. The van der Waals surface area contributed by atoms with E-state index in [0.717, 1.165) is 10.6 Å². The summed E-state index contributed by atoms with van der Waals surface area (Å²) in [4.78, 5) is 7.10. The standard InChI is InChI=1S/C13H14FN3O2S2/c1-9-13(20-8-15-9)10(2)16-17-21(18,19)7-11-3-5-12(14)6-4-11/h3-6,8,17H,7H2,1-2H3/b16-10+. The van der Waals surface area contributed by atoms with E-state index in [0.29, 0.717) is 11.3 Å². The Hall–Kier alpha value is -1.80. The molecule has 0 saturated heterocycles. The number of thiazole rings is 1. The second-order valence-corrected chi connectivity index (χ2v) is 7.00. The minimum absolute atomic E-state index is 0.258. The number of aromatic nitrogens is 1. The Labute approximate surface area is 126 Å². The molecule has 0 saturated carbocycles. The molecule has 1 aromatic heterocycles. The summed E-state index contributed by atoms with van der Waals surface area (Å²) in [5.41, 5.74) is 3.53. The van der Waals surface area contributed by atoms with Gasteiger partial charge in [0.05, 0.1) is 27.5 Å². The lowest BCUT2D eigenvalue weighted by molar-refractivity contribution is 0.583. The Kier molecular flexibility index (Phi) is 4.69. The highest BCUT2D eigenvalue weighted by Crippen LogP contribution is 2.13. The lowest BCUT2D eigenvalue weighted by atomic mass is 10.2. The first-order chi connectivity index (χ1) is 9.87. The third-order valence-corrected chi connectivity index (χ3v) is 4.82. The van der Waals surface area contributed by atoms with Crippen LogP contribution in [0.3, 0.4) is 0 Å². The highest BCUT2D eigenvalue weighted by molar-refractivity contribution is 7.88. The number of benzene rings is 1. The highest BCUT2D eigenvalue weighted by atomic mass is 32.2. The van der Waals surface area contributed by atoms with Gasteiger partial charge in [0.1, 0.15) is 5.82 Å². The number of hydrogen-bond donors (Lipinski definition) is 1. The molecule has 112 valence electrons. The van der Waals surface area contributed by atoms with Crippen LogP contribution in [0.2, 0.25) is 0 Å². The van der Waals surface area contributed by atoms with Gasteiger partial charge >= 0.3 is 0 Å². The van der Waals surface area contributed by atoms with Gasteiger partial charge in [0.2, 0.25) is 0 Å². The fraction of sp³-hybridized carbons (Fsp3) is 0.231. The van der Waals surface area contributed by atoms with Gasteiger partial charge in [-0.3, -0.25) is 0 Å². The summed E-state index contributed by atoms with van der Waals surface area (Å²) in [6.45, 7) is 3.54. The van der Waals surface area contributed by atoms with Gasteiger partial charge in [-0.25, -0.2) is 22.6 Å². The van der Waals surface area contributed by atoms with Crippen LogP contribution < -0.4 is 4.83 Å². The zero-order valence-electron chi connectivity index (χ0n) is 11.5. The number of hydrazone groups is 1. The maximum Gasteiger partial charge on any atom is 0.251 e. The van der Waals surface area contributed by atoms with E-state index in [1.807, 2.05) is 6.92 Å². The van der Waals surface area contributed by atoms with Crippen molar-refractivity contribution in [2.75, 3.05) is 0 Å². The van der Waals surface area contributed by atoms with Crippen molar-refractivity contribution in [2.24, 2.45) is 5.10 Å². The third-order valence-electron chi connectivity index (χ3n) is 2.70. The molecule has 21 heavy (non-hydrogen) atoms. The average Bonchev–Trinajstić information content (AvgIpc) is 2.85. The SMILES string of the molecule is C/C(=N\NS(=O)(=O)Cc1ccc(F)cc1)c1scnc1C. The third kappa shape index (κ3) is 4.33. The van der Waals surface area contributed by atoms with Crippen molar-refractivity contribution in [1.29, 1.82) is 0 Å². The van der Waals surface area contributed by atoms with E-state index in [-0.39, 0.29) is 5.75 Å². The number of rotatable bonds is 5. The first kappa shape index (κ1) is 15.6. The number of sulfonamides is 1. The van der Waals surface area contributed by atoms with Crippen molar-refractivity contribution in [1.82, 2.24) is 9.82 Å². The second-order valence-electron chi connectivity index (χ2n) is 4.44. The smallest absolute Gasteiger partial charge is 0.249 e. The number of nitrogens with zero attached hydrogens (tertiary/aromatic N) is 2. The van der Waals surface area contributed by atoms with Crippen molar-refractivity contribution in [3.63, 3.8) is 0 Å². The molecule has 0 unspecified atom stereocenters. The molecular formula is C13H14FN3O2S2. The fourth-order valence-electron chi connectivity index (χ4n) is 1.67. The van der Waals surface area contributed by atoms with E-state index in [1.165, 1.54) is 35.6 Å². The second kappa shape index (κ2) is 6.31. The normalized spacial score (nSPS) is 12.4. The van der Waals surface area contributed by atoms with Crippen molar-refractivity contribution in [3.8, 4) is 0 Å². The first-order valence-electron chi connectivity index (χ1n) is 6.06. The van der Waals surface area contributed by atoms with Crippen LogP contribution in [-0.4, -0.2) is 19.1 Å². The van der Waals surface area contributed by atoms with Gasteiger partial charge in [-0.15, -0.1) is 11.3 Å². The molecule has 1 aromatic carbocycles. The summed E-state index contributed by atoms with van der Waals surface area (Å²) in [5, 5.41) is 3.89. The van der Waals surface area contributed by atoms with Crippen LogP contribution in [0.5, 0.6) is 0 Å². The van der Waals surface area contributed by atoms with Gasteiger partial charge in [-0.2, -0.15) is 5.10 Å². The molecule has 0 atom stereocenters. The predicted molar refractivity (Wildman–Crippen MR) is 81.2 cm³/mol. The van der Waals surface area contributed by atoms with Crippen LogP contribution in [0.1, 0.15) is 23.1 Å². The summed E-state index contributed by atoms with van der Waals surface area (Å²) < 4.78 is 36.6. The predicted octanol–water partition coefficient (Wildman–Crippen LogP) is 2.43. The van der Waals surface area contributed by atoms with Crippen LogP contribution in [0.25, 0.3) is 0 Å². The topological polar surface area (TPSA) is 71.4 Å². The Morgan fingerprint density at radius 2 is 2.05 bits per heavy atom. The van der Waals surface area contributed by atoms with Gasteiger partial charge in [-0.1, -0.05) is 12.1 Å². The number of aryl methyl sites for hydroxylation is 1. The summed E-state index contributed by atoms with van der Waals surface area (Å²) >= 11 is 1.40. The van der Waals surface area contributed by atoms with Gasteiger partial charge in [0, 0.05) is 0 Å². The summed E-state index contributed by atoms with van der Waals surface area (Å²) in [5.74, 6) is -0.662. The largest absolute Gasteiger partial charge is 0.251 e. The zero-order valence-corrected chi connectivity index (χ0v) is 13.1. The molecule has 2 aromatic rings. The quantitative estimate of drug-likeness (QED) is 0.677. The summed E-state index contributed by atoms with van der Waals surface area (Å²) in [6, 6.07) is 5.30. The summed E-state index contributed by atoms with van der Waals surface area (Å²) in [6.07, 6.45) is 0. The minimum atomic E-state index is -3.62. The molecule has 1 N–H and O–H groups in total. The molecule has 0 fully saturated rings. The van der Waals surface area contributed by atoms with Crippen LogP contribution >= 0.6 is 11.3 Å². The van der Waals surface area contributed by atoms with E-state index in [9.17, 15) is 12.8 Å². The van der Waals surface area contributed by atoms with Crippen molar-refractivity contribution in [3.05, 3.63) is 51.7 Å². The van der Waals surface area contributed by atoms with Gasteiger partial charge in [-0.05, 0) is 31.5 Å². The molecule has 0 aliphatic carbocycles. The Morgan fingerprint density at radius 3 is 2.62 bits per heavy atom. The van der Waals surface area contributed by atoms with E-state index >= 15 is 0 Å². The lowest BCUT2D eigenvalue weighted by Crippen LogP contribution is -2.21. The Morgan fingerprint density at radius 1 is 1.38 bits per heavy atom. The van der Waals surface area contributed by atoms with E-state index in [1.54, 1.807) is 12.4 Å². The summed E-state index contributed by atoms with van der Waals surface area (Å²) in [7, 11) is -3.62. The number of hydrogen-bond acceptors (Lipinski definition) is 5. The first-order valence-corrected chi connectivity index (χ1v) is 8.59. The number of halogens is 1. The Bertz CT molecular complexity index is 752. The maximum absolute atomic E-state index is 12.8. The van der Waals surface area contributed by atoms with Gasteiger partial charge in [0.25, 0.3) is 10.0 Å². The molecule has 0 radical (unpaired) electrons. The fourth-order valence-corrected chi connectivity index (χ4v) is 3.40. The van der Waals surface area contributed by atoms with Crippen LogP contribution in [0.4, 0.5) is 4.39 Å². The van der Waals surface area contributed by atoms with Gasteiger partial charge < -0.3 is 0 Å². The molecular weight excluding hydrogens is 313 g/mol. The number of nitrogens with one attached hydrogen (secondary N) is 1. The molecule has 0 aliphatic heterocycles. The van der Waals surface area contributed by atoms with Crippen LogP contribution in [0, 0.1) is 12.7 Å². The molecule has 0 bridgehead atoms. The molecule has 0 amide bonds. The molecule has 8 heteroatoms. The van der Waals surface area contributed by atoms with Crippen LogP contribution in [-0.2, 0) is 15.8 Å². The molecule has 1 heterocycles. The minimum Gasteiger partial charge on any atom is -0.249 e. The average molecular weight is 327 g/mol. The van der Waals surface area contributed by atoms with Gasteiger partial charge in [0.15, 0.2) is 0 Å². The van der Waals surface area contributed by atoms with E-state index in [2.05, 4.69) is 14.9 Å². The zero-order chi connectivity index (χ0) is 15.5.